The number of amides is 4. The van der Waals surface area contributed by atoms with E-state index in [4.69, 9.17) is 9.40 Å². The Hall–Kier alpha value is -6.18. The number of nitrogens with one attached hydrogen (secondary N) is 4. The van der Waals surface area contributed by atoms with Gasteiger partial charge < -0.3 is 39.6 Å². The van der Waals surface area contributed by atoms with E-state index in [1.807, 2.05) is 29.2 Å². The first-order valence-corrected chi connectivity index (χ1v) is 18.8. The highest BCUT2D eigenvalue weighted by Crippen LogP contribution is 2.50. The highest BCUT2D eigenvalue weighted by atomic mass is 16.5. The largest absolute Gasteiger partial charge is 0.456 e. The Bertz CT molecular complexity index is 2480. The number of H-pyrrole nitrogens is 2. The number of aromatic nitrogens is 4. The number of hydrogen-bond acceptors (Lipinski definition) is 8. The molecule has 3 aliphatic rings. The Balaban J connectivity index is 0.943. The second-order valence-corrected chi connectivity index (χ2v) is 15.5. The van der Waals surface area contributed by atoms with E-state index < -0.39 is 6.09 Å². The Morgan fingerprint density at radius 2 is 1.75 bits per heavy atom. The fourth-order valence-corrected chi connectivity index (χ4v) is 8.56. The van der Waals surface area contributed by atoms with Gasteiger partial charge in [-0.15, -0.1) is 0 Å². The maximum Gasteiger partial charge on any atom is 0.407 e. The Kier molecular flexibility index (Phi) is 8.55. The van der Waals surface area contributed by atoms with E-state index in [2.05, 4.69) is 67.6 Å². The van der Waals surface area contributed by atoms with Gasteiger partial charge in [-0.3, -0.25) is 14.4 Å². The third kappa shape index (κ3) is 6.55. The molecule has 55 heavy (non-hydrogen) atoms. The fraction of sp³-hybridized carbons (Fsp3) is 0.366. The van der Waals surface area contributed by atoms with E-state index in [1.165, 1.54) is 7.11 Å². The van der Waals surface area contributed by atoms with E-state index in [-0.39, 0.29) is 42.4 Å². The van der Waals surface area contributed by atoms with Crippen molar-refractivity contribution in [3.8, 4) is 22.4 Å². The molecule has 4 heterocycles. The number of carbonyl (C=O) groups is 4. The average Bonchev–Trinajstić information content (AvgIpc) is 3.82. The Morgan fingerprint density at radius 1 is 1.00 bits per heavy atom. The molecule has 3 aromatic carbocycles. The van der Waals surface area contributed by atoms with Gasteiger partial charge >= 0.3 is 6.09 Å². The predicted molar refractivity (Wildman–Crippen MR) is 204 cm³/mol. The number of nitrogens with zero attached hydrogens (tertiary/aromatic N) is 4. The van der Waals surface area contributed by atoms with Crippen LogP contribution in [0.1, 0.15) is 56.7 Å². The van der Waals surface area contributed by atoms with Gasteiger partial charge in [-0.2, -0.15) is 0 Å². The van der Waals surface area contributed by atoms with Crippen molar-refractivity contribution in [2.45, 2.75) is 57.7 Å². The lowest BCUT2D eigenvalue weighted by Crippen LogP contribution is -2.45. The van der Waals surface area contributed by atoms with Gasteiger partial charge in [-0.1, -0.05) is 25.1 Å². The zero-order valence-corrected chi connectivity index (χ0v) is 30.7. The standard InChI is InChI=1S/C41H42N8O6/c1-41(11-12-41)21-48(36(51)18-42-22-50)20-35-43-17-32(45-35)25-5-9-29-28-8-4-24(15-33(28)55-34(29)16-25)23-6-10-30-31(14-23)47-39(46-30)38-26-3-7-27(13-26)49(38)37(52)19-44-40(53)54-2/h4-6,8-10,14-17,22,26-27,38H,3,7,11-13,18-21H2,1-2H3,(H,42,50)(H,43,45)(H,44,53)(H,46,47)/t26-,27+,38-/m0/s1. The first-order valence-electron chi connectivity index (χ1n) is 18.8. The number of aromatic amines is 2. The van der Waals surface area contributed by atoms with Gasteiger partial charge in [0, 0.05) is 28.9 Å². The SMILES string of the molecule is COC(=O)NCC(=O)N1[C@@H]2CC[C@@H](C2)[C@H]1c1nc2ccc(-c3ccc4c(c3)oc3cc(-c5cnc(CN(CC6(C)CC6)C(=O)CNC=O)[nH]5)ccc34)cc2[nH]1. The third-order valence-corrected chi connectivity index (χ3v) is 11.7. The number of hydrogen-bond donors (Lipinski definition) is 4. The number of carbonyl (C=O) groups excluding carboxylic acids is 4. The van der Waals surface area contributed by atoms with Crippen LogP contribution in [-0.4, -0.2) is 86.8 Å². The molecule has 6 aromatic rings. The van der Waals surface area contributed by atoms with Crippen molar-refractivity contribution < 1.29 is 28.3 Å². The molecule has 4 amide bonds. The van der Waals surface area contributed by atoms with Crippen molar-refractivity contribution >= 4 is 57.3 Å². The lowest BCUT2D eigenvalue weighted by Gasteiger charge is -2.34. The van der Waals surface area contributed by atoms with Crippen LogP contribution in [0.25, 0.3) is 55.4 Å². The Labute approximate surface area is 316 Å². The first kappa shape index (κ1) is 34.6. The lowest BCUT2D eigenvalue weighted by molar-refractivity contribution is -0.135. The van der Waals surface area contributed by atoms with Gasteiger partial charge in [-0.25, -0.2) is 14.8 Å². The molecule has 14 nitrogen and oxygen atoms in total. The number of imidazole rings is 2. The van der Waals surface area contributed by atoms with Crippen molar-refractivity contribution in [1.29, 1.82) is 0 Å². The molecular formula is C41H42N8O6. The molecule has 4 N–H and O–H groups in total. The van der Waals surface area contributed by atoms with Crippen molar-refractivity contribution in [3.05, 3.63) is 72.4 Å². The lowest BCUT2D eigenvalue weighted by atomic mass is 9.98. The van der Waals surface area contributed by atoms with Crippen molar-refractivity contribution in [2.24, 2.45) is 11.3 Å². The molecule has 1 aliphatic heterocycles. The van der Waals surface area contributed by atoms with E-state index in [0.717, 1.165) is 93.3 Å². The van der Waals surface area contributed by atoms with Crippen LogP contribution in [0.3, 0.4) is 0 Å². The molecule has 0 unspecified atom stereocenters. The molecule has 14 heteroatoms. The van der Waals surface area contributed by atoms with Crippen LogP contribution >= 0.6 is 0 Å². The van der Waals surface area contributed by atoms with Gasteiger partial charge in [0.25, 0.3) is 0 Å². The summed E-state index contributed by atoms with van der Waals surface area (Å²) in [7, 11) is 1.28. The van der Waals surface area contributed by atoms with Gasteiger partial charge in [0.05, 0.1) is 49.2 Å². The quantitative estimate of drug-likeness (QED) is 0.114. The van der Waals surface area contributed by atoms with Crippen molar-refractivity contribution in [3.63, 3.8) is 0 Å². The average molecular weight is 743 g/mol. The first-order chi connectivity index (χ1) is 26.7. The molecule has 9 rings (SSSR count). The van der Waals surface area contributed by atoms with Gasteiger partial charge in [0.2, 0.25) is 18.2 Å². The fourth-order valence-electron chi connectivity index (χ4n) is 8.56. The summed E-state index contributed by atoms with van der Waals surface area (Å²) in [5, 5.41) is 7.03. The number of ether oxygens (including phenoxy) is 1. The zero-order valence-electron chi connectivity index (χ0n) is 30.7. The number of methoxy groups -OCH3 is 1. The van der Waals surface area contributed by atoms with Crippen LogP contribution in [0.15, 0.2) is 65.2 Å². The molecule has 3 fully saturated rings. The van der Waals surface area contributed by atoms with Crippen LogP contribution in [0.2, 0.25) is 0 Å². The number of fused-ring (bicyclic) bond motifs is 6. The summed E-state index contributed by atoms with van der Waals surface area (Å²) in [4.78, 5) is 68.7. The highest BCUT2D eigenvalue weighted by Gasteiger charge is 2.49. The van der Waals surface area contributed by atoms with Crippen LogP contribution in [-0.2, 0) is 25.7 Å². The highest BCUT2D eigenvalue weighted by molar-refractivity contribution is 6.07. The number of rotatable bonds is 12. The molecule has 282 valence electrons. The summed E-state index contributed by atoms with van der Waals surface area (Å²) in [6.45, 7) is 2.96. The molecular weight excluding hydrogens is 701 g/mol. The second kappa shape index (κ2) is 13.6. The molecule has 2 bridgehead atoms. The smallest absolute Gasteiger partial charge is 0.407 e. The van der Waals surface area contributed by atoms with E-state index >= 15 is 0 Å². The normalized spacial score (nSPS) is 19.6. The van der Waals surface area contributed by atoms with Crippen molar-refractivity contribution in [2.75, 3.05) is 26.7 Å². The molecule has 3 atom stereocenters. The summed E-state index contributed by atoms with van der Waals surface area (Å²) in [6.07, 6.45) is 6.76. The van der Waals surface area contributed by atoms with Gasteiger partial charge in [0.15, 0.2) is 0 Å². The number of furan rings is 1. The van der Waals surface area contributed by atoms with E-state index in [0.29, 0.717) is 31.2 Å². The number of piperidine rings is 1. The van der Waals surface area contributed by atoms with Gasteiger partial charge in [-0.05, 0) is 91.0 Å². The maximum atomic E-state index is 13.3. The minimum atomic E-state index is -0.626. The topological polar surface area (TPSA) is 179 Å². The van der Waals surface area contributed by atoms with Crippen molar-refractivity contribution in [1.82, 2.24) is 40.4 Å². The zero-order chi connectivity index (χ0) is 37.8. The van der Waals surface area contributed by atoms with Crippen LogP contribution < -0.4 is 10.6 Å². The molecule has 0 spiro atoms. The van der Waals surface area contributed by atoms with Crippen LogP contribution in [0.4, 0.5) is 4.79 Å². The molecule has 1 saturated heterocycles. The third-order valence-electron chi connectivity index (χ3n) is 11.7. The number of likely N-dealkylation sites (tertiary alicyclic amines) is 1. The van der Waals surface area contributed by atoms with Crippen LogP contribution in [0.5, 0.6) is 0 Å². The molecule has 2 saturated carbocycles. The molecule has 2 aliphatic carbocycles. The predicted octanol–water partition coefficient (Wildman–Crippen LogP) is 5.80. The monoisotopic (exact) mass is 742 g/mol. The minimum Gasteiger partial charge on any atom is -0.456 e. The molecule has 0 radical (unpaired) electrons. The Morgan fingerprint density at radius 3 is 2.51 bits per heavy atom. The van der Waals surface area contributed by atoms with Gasteiger partial charge in [0.1, 0.15) is 29.4 Å². The van der Waals surface area contributed by atoms with Crippen LogP contribution in [0, 0.1) is 11.3 Å². The maximum absolute atomic E-state index is 13.3. The van der Waals surface area contributed by atoms with E-state index in [9.17, 15) is 19.2 Å². The number of benzene rings is 3. The summed E-state index contributed by atoms with van der Waals surface area (Å²) >= 11 is 0. The number of alkyl carbamates (subject to hydrolysis) is 1. The summed E-state index contributed by atoms with van der Waals surface area (Å²) in [6, 6.07) is 18.4. The molecule has 3 aromatic heterocycles. The second-order valence-electron chi connectivity index (χ2n) is 15.5. The van der Waals surface area contributed by atoms with E-state index in [1.54, 1.807) is 11.1 Å². The summed E-state index contributed by atoms with van der Waals surface area (Å²) < 4.78 is 11.1. The summed E-state index contributed by atoms with van der Waals surface area (Å²) in [5.74, 6) is 1.48. The minimum absolute atomic E-state index is 0.0421. The summed E-state index contributed by atoms with van der Waals surface area (Å²) in [5.41, 5.74) is 7.07.